The second kappa shape index (κ2) is 12.4. The molecule has 0 atom stereocenters. The molecule has 0 saturated heterocycles. The van der Waals surface area contributed by atoms with E-state index in [0.29, 0.717) is 11.1 Å². The zero-order chi connectivity index (χ0) is 35.2. The number of carboxylic acid groups (broad SMARTS) is 2. The Bertz CT molecular complexity index is 1560. The van der Waals surface area contributed by atoms with Crippen LogP contribution >= 0.6 is 0 Å². The van der Waals surface area contributed by atoms with Crippen LogP contribution in [-0.4, -0.2) is 34.1 Å². The summed E-state index contributed by atoms with van der Waals surface area (Å²) in [5, 5.41) is 20.1. The fourth-order valence-electron chi connectivity index (χ4n) is 4.82. The Labute approximate surface area is 271 Å². The SMILES string of the molecule is CC(C)(C)c1cc(C(=O)O)c(OC(=O)c2ccc(C(=O)Oc3c(C(=O)O)cc(C(C)(C)C)cc3C(C)(C)C)cc2)c(C(C)(C)C)c1. The third kappa shape index (κ3) is 8.03. The summed E-state index contributed by atoms with van der Waals surface area (Å²) in [6.45, 7) is 23.3. The van der Waals surface area contributed by atoms with E-state index in [1.807, 2.05) is 95.2 Å². The topological polar surface area (TPSA) is 127 Å². The van der Waals surface area contributed by atoms with Crippen molar-refractivity contribution in [3.8, 4) is 11.5 Å². The van der Waals surface area contributed by atoms with E-state index < -0.39 is 34.7 Å². The summed E-state index contributed by atoms with van der Waals surface area (Å²) in [5.74, 6) is -4.09. The molecule has 0 aliphatic rings. The van der Waals surface area contributed by atoms with Crippen LogP contribution in [-0.2, 0) is 21.7 Å². The number of carbonyl (C=O) groups is 4. The molecule has 0 radical (unpaired) electrons. The molecule has 8 nitrogen and oxygen atoms in total. The van der Waals surface area contributed by atoms with E-state index in [0.717, 1.165) is 11.1 Å². The number of hydrogen-bond acceptors (Lipinski definition) is 6. The number of hydrogen-bond donors (Lipinski definition) is 2. The van der Waals surface area contributed by atoms with Gasteiger partial charge >= 0.3 is 23.9 Å². The summed E-state index contributed by atoms with van der Waals surface area (Å²) >= 11 is 0. The predicted octanol–water partition coefficient (Wildman–Crippen LogP) is 8.71. The highest BCUT2D eigenvalue weighted by atomic mass is 16.5. The molecule has 3 aromatic carbocycles. The van der Waals surface area contributed by atoms with Crippen LogP contribution in [0.25, 0.3) is 0 Å². The maximum atomic E-state index is 13.3. The lowest BCUT2D eigenvalue weighted by Crippen LogP contribution is -2.22. The van der Waals surface area contributed by atoms with Crippen molar-refractivity contribution in [1.29, 1.82) is 0 Å². The summed E-state index contributed by atoms with van der Waals surface area (Å²) in [6.07, 6.45) is 0. The molecule has 0 unspecified atom stereocenters. The number of aromatic carboxylic acids is 2. The monoisotopic (exact) mass is 630 g/mol. The molecule has 3 aromatic rings. The Morgan fingerprint density at radius 2 is 0.761 bits per heavy atom. The largest absolute Gasteiger partial charge is 0.478 e. The normalized spacial score (nSPS) is 12.4. The highest BCUT2D eigenvalue weighted by Gasteiger charge is 2.32. The zero-order valence-electron chi connectivity index (χ0n) is 29.0. The molecule has 246 valence electrons. The molecule has 0 aromatic heterocycles. The molecule has 0 aliphatic heterocycles. The van der Waals surface area contributed by atoms with Crippen LogP contribution in [0, 0.1) is 0 Å². The second-order valence-electron chi connectivity index (χ2n) is 15.8. The van der Waals surface area contributed by atoms with Crippen molar-refractivity contribution in [1.82, 2.24) is 0 Å². The van der Waals surface area contributed by atoms with E-state index in [1.165, 1.54) is 36.4 Å². The minimum Gasteiger partial charge on any atom is -0.478 e. The fraction of sp³-hybridized carbons (Fsp3) is 0.421. The first-order chi connectivity index (χ1) is 20.8. The van der Waals surface area contributed by atoms with E-state index in [2.05, 4.69) is 0 Å². The first-order valence-corrected chi connectivity index (χ1v) is 15.2. The molecule has 0 amide bonds. The van der Waals surface area contributed by atoms with Gasteiger partial charge in [0.2, 0.25) is 0 Å². The van der Waals surface area contributed by atoms with Crippen molar-refractivity contribution in [2.24, 2.45) is 0 Å². The Morgan fingerprint density at radius 3 is 0.978 bits per heavy atom. The highest BCUT2D eigenvalue weighted by Crippen LogP contribution is 2.40. The van der Waals surface area contributed by atoms with E-state index in [-0.39, 0.29) is 44.6 Å². The second-order valence-corrected chi connectivity index (χ2v) is 15.8. The maximum Gasteiger partial charge on any atom is 0.343 e. The zero-order valence-corrected chi connectivity index (χ0v) is 29.0. The average molecular weight is 631 g/mol. The minimum atomic E-state index is -1.22. The van der Waals surface area contributed by atoms with Crippen molar-refractivity contribution in [3.63, 3.8) is 0 Å². The van der Waals surface area contributed by atoms with Gasteiger partial charge in [-0.05, 0) is 69.2 Å². The maximum absolute atomic E-state index is 13.3. The van der Waals surface area contributed by atoms with Crippen molar-refractivity contribution in [2.75, 3.05) is 0 Å². The lowest BCUT2D eigenvalue weighted by Gasteiger charge is -2.28. The van der Waals surface area contributed by atoms with Gasteiger partial charge in [0.05, 0.1) is 11.1 Å². The molecule has 0 saturated carbocycles. The van der Waals surface area contributed by atoms with Gasteiger partial charge < -0.3 is 19.7 Å². The summed E-state index contributed by atoms with van der Waals surface area (Å²) in [6, 6.07) is 12.3. The van der Waals surface area contributed by atoms with Crippen LogP contribution in [0.15, 0.2) is 48.5 Å². The van der Waals surface area contributed by atoms with Gasteiger partial charge in [-0.25, -0.2) is 19.2 Å². The third-order valence-electron chi connectivity index (χ3n) is 7.73. The number of esters is 2. The molecule has 46 heavy (non-hydrogen) atoms. The first-order valence-electron chi connectivity index (χ1n) is 15.2. The van der Waals surface area contributed by atoms with Crippen LogP contribution in [0.2, 0.25) is 0 Å². The molecular formula is C38H46O8. The van der Waals surface area contributed by atoms with Crippen LogP contribution in [0.4, 0.5) is 0 Å². The molecule has 0 spiro atoms. The predicted molar refractivity (Wildman–Crippen MR) is 178 cm³/mol. The van der Waals surface area contributed by atoms with Gasteiger partial charge in [0.25, 0.3) is 0 Å². The van der Waals surface area contributed by atoms with Crippen molar-refractivity contribution >= 4 is 23.9 Å². The first kappa shape index (κ1) is 36.0. The van der Waals surface area contributed by atoms with Gasteiger partial charge in [-0.2, -0.15) is 0 Å². The molecule has 0 fully saturated rings. The summed E-state index contributed by atoms with van der Waals surface area (Å²) < 4.78 is 11.5. The van der Waals surface area contributed by atoms with E-state index in [4.69, 9.17) is 9.47 Å². The Morgan fingerprint density at radius 1 is 0.478 bits per heavy atom. The minimum absolute atomic E-state index is 0.0314. The van der Waals surface area contributed by atoms with Crippen LogP contribution < -0.4 is 9.47 Å². The van der Waals surface area contributed by atoms with Crippen molar-refractivity contribution < 1.29 is 38.9 Å². The molecule has 0 heterocycles. The smallest absolute Gasteiger partial charge is 0.343 e. The highest BCUT2D eigenvalue weighted by molar-refractivity contribution is 5.99. The molecule has 8 heteroatoms. The van der Waals surface area contributed by atoms with Gasteiger partial charge in [0.15, 0.2) is 0 Å². The number of benzene rings is 3. The standard InChI is InChI=1S/C38H46O8/c1-35(2,3)23-17-25(31(39)40)29(27(19-23)37(7,8)9)45-33(43)21-13-15-22(16-14-21)34(44)46-30-26(32(41)42)18-24(36(4,5)6)20-28(30)38(10,11)12/h13-20H,1-12H3,(H,39,40)(H,41,42). The van der Waals surface area contributed by atoms with E-state index >= 15 is 0 Å². The van der Waals surface area contributed by atoms with Crippen molar-refractivity contribution in [3.05, 3.63) is 93.0 Å². The lowest BCUT2D eigenvalue weighted by molar-refractivity contribution is 0.0658. The number of carbonyl (C=O) groups excluding carboxylic acids is 2. The average Bonchev–Trinajstić information content (AvgIpc) is 2.90. The number of rotatable bonds is 6. The lowest BCUT2D eigenvalue weighted by atomic mass is 9.79. The molecule has 0 aliphatic carbocycles. The summed E-state index contributed by atoms with van der Waals surface area (Å²) in [4.78, 5) is 51.2. The third-order valence-corrected chi connectivity index (χ3v) is 7.73. The quantitative estimate of drug-likeness (QED) is 0.204. The van der Waals surface area contributed by atoms with Crippen LogP contribution in [0.1, 0.15) is 147 Å². The Hall–Kier alpha value is -4.46. The van der Waals surface area contributed by atoms with Gasteiger partial charge in [0.1, 0.15) is 22.6 Å². The number of ether oxygens (including phenoxy) is 2. The molecule has 3 rings (SSSR count). The van der Waals surface area contributed by atoms with Gasteiger partial charge in [-0.1, -0.05) is 95.2 Å². The number of carboxylic acids is 2. The van der Waals surface area contributed by atoms with Gasteiger partial charge in [0, 0.05) is 11.1 Å². The fourth-order valence-corrected chi connectivity index (χ4v) is 4.82. The van der Waals surface area contributed by atoms with E-state index in [1.54, 1.807) is 0 Å². The van der Waals surface area contributed by atoms with Gasteiger partial charge in [-0.3, -0.25) is 0 Å². The summed E-state index contributed by atoms with van der Waals surface area (Å²) in [7, 11) is 0. The Kier molecular flexibility index (Phi) is 9.70. The van der Waals surface area contributed by atoms with Gasteiger partial charge in [-0.15, -0.1) is 0 Å². The molecular weight excluding hydrogens is 584 g/mol. The Balaban J connectivity index is 2.00. The van der Waals surface area contributed by atoms with Crippen LogP contribution in [0.3, 0.4) is 0 Å². The summed E-state index contributed by atoms with van der Waals surface area (Å²) in [5.41, 5.74) is 0.917. The molecule has 2 N–H and O–H groups in total. The van der Waals surface area contributed by atoms with Crippen molar-refractivity contribution in [2.45, 2.75) is 105 Å². The van der Waals surface area contributed by atoms with Crippen LogP contribution in [0.5, 0.6) is 11.5 Å². The molecule has 0 bridgehead atoms. The van der Waals surface area contributed by atoms with E-state index in [9.17, 15) is 29.4 Å².